The van der Waals surface area contributed by atoms with Crippen molar-refractivity contribution in [2.75, 3.05) is 6.54 Å². The van der Waals surface area contributed by atoms with Crippen molar-refractivity contribution in [3.05, 3.63) is 0 Å². The fourth-order valence-corrected chi connectivity index (χ4v) is 3.72. The summed E-state index contributed by atoms with van der Waals surface area (Å²) < 4.78 is 5.11. The van der Waals surface area contributed by atoms with Crippen LogP contribution in [0.25, 0.3) is 0 Å². The highest BCUT2D eigenvalue weighted by molar-refractivity contribution is 6.09. The molecule has 4 atom stereocenters. The number of nitriles is 1. The number of amides is 4. The van der Waals surface area contributed by atoms with Crippen LogP contribution in [0.5, 0.6) is 0 Å². The zero-order valence-electron chi connectivity index (χ0n) is 17.7. The molecular weight excluding hydrogens is 376 g/mol. The number of hydrogen-bond donors (Lipinski definition) is 2. The Bertz CT molecular complexity index is 746. The molecule has 1 aliphatic heterocycles. The third-order valence-corrected chi connectivity index (χ3v) is 6.24. The summed E-state index contributed by atoms with van der Waals surface area (Å²) >= 11 is 0. The molecule has 1 heterocycles. The molecule has 1 aliphatic carbocycles. The number of carbonyl (C=O) groups excluding carboxylic acids is 4. The highest BCUT2D eigenvalue weighted by Crippen LogP contribution is 2.38. The molecule has 0 aromatic heterocycles. The molecule has 4 amide bonds. The Morgan fingerprint density at radius 2 is 2.03 bits per heavy atom. The molecule has 9 nitrogen and oxygen atoms in total. The van der Waals surface area contributed by atoms with Gasteiger partial charge in [0.15, 0.2) is 6.10 Å². The van der Waals surface area contributed by atoms with Crippen molar-refractivity contribution in [1.82, 2.24) is 15.5 Å². The van der Waals surface area contributed by atoms with E-state index in [4.69, 9.17) is 4.74 Å². The highest BCUT2D eigenvalue weighted by Gasteiger charge is 2.55. The largest absolute Gasteiger partial charge is 0.451 e. The van der Waals surface area contributed by atoms with Crippen LogP contribution in [0, 0.1) is 23.2 Å². The highest BCUT2D eigenvalue weighted by atomic mass is 16.5. The molecule has 0 unspecified atom stereocenters. The smallest absolute Gasteiger partial charge is 0.327 e. The van der Waals surface area contributed by atoms with Crippen LogP contribution < -0.4 is 10.6 Å². The molecule has 2 aliphatic rings. The minimum atomic E-state index is -1.17. The van der Waals surface area contributed by atoms with Crippen molar-refractivity contribution in [3.8, 4) is 6.07 Å². The van der Waals surface area contributed by atoms with Crippen molar-refractivity contribution in [1.29, 1.82) is 5.26 Å². The number of nitrogens with zero attached hydrogens (tertiary/aromatic N) is 2. The van der Waals surface area contributed by atoms with Gasteiger partial charge in [-0.05, 0) is 38.5 Å². The zero-order chi connectivity index (χ0) is 22.0. The van der Waals surface area contributed by atoms with Gasteiger partial charge >= 0.3 is 12.0 Å². The number of rotatable bonds is 6. The van der Waals surface area contributed by atoms with Gasteiger partial charge in [0.1, 0.15) is 17.6 Å². The third-order valence-electron chi connectivity index (χ3n) is 6.24. The van der Waals surface area contributed by atoms with Crippen molar-refractivity contribution in [3.63, 3.8) is 0 Å². The first-order chi connectivity index (χ1) is 13.5. The van der Waals surface area contributed by atoms with Crippen molar-refractivity contribution in [2.24, 2.45) is 11.8 Å². The quantitative estimate of drug-likeness (QED) is 0.508. The van der Waals surface area contributed by atoms with Gasteiger partial charge < -0.3 is 15.4 Å². The average Bonchev–Trinajstić information content (AvgIpc) is 2.88. The molecule has 2 rings (SSSR count). The van der Waals surface area contributed by atoms with E-state index < -0.39 is 47.5 Å². The second-order valence-electron chi connectivity index (χ2n) is 8.53. The fraction of sp³-hybridized carbons (Fsp3) is 0.750. The van der Waals surface area contributed by atoms with E-state index in [0.29, 0.717) is 6.42 Å². The lowest BCUT2D eigenvalue weighted by molar-refractivity contribution is -0.157. The first-order valence-electron chi connectivity index (χ1n) is 10.0. The minimum absolute atomic E-state index is 0.0156. The second-order valence-corrected chi connectivity index (χ2v) is 8.53. The van der Waals surface area contributed by atoms with Crippen LogP contribution in [0.3, 0.4) is 0 Å². The number of ether oxygens (including phenoxy) is 1. The summed E-state index contributed by atoms with van der Waals surface area (Å²) in [6, 6.07) is 1.43. The van der Waals surface area contributed by atoms with E-state index in [1.165, 1.54) is 6.92 Å². The lowest BCUT2D eigenvalue weighted by Gasteiger charge is -2.36. The number of hydrogen-bond acceptors (Lipinski definition) is 6. The SMILES string of the molecule is CC(C)[C@](C)(C#N)NC(=O)[C@H](C)OC(=O)CN1C(=O)N[C@@]2(CCCC[C@H]2C)C1=O. The summed E-state index contributed by atoms with van der Waals surface area (Å²) in [6.07, 6.45) is 2.04. The standard InChI is InChI=1S/C20H30N4O5/c1-12(2)19(5,11-21)22-16(26)14(4)29-15(25)10-24-17(27)20(23-18(24)28)9-7-6-8-13(20)3/h12-14H,6-10H2,1-5H3,(H,22,26)(H,23,28)/t13-,14+,19+,20-/m1/s1. The van der Waals surface area contributed by atoms with Crippen LogP contribution in [0.2, 0.25) is 0 Å². The maximum absolute atomic E-state index is 12.9. The molecule has 0 bridgehead atoms. The summed E-state index contributed by atoms with van der Waals surface area (Å²) in [7, 11) is 0. The predicted octanol–water partition coefficient (Wildman–Crippen LogP) is 1.47. The lowest BCUT2D eigenvalue weighted by Crippen LogP contribution is -2.54. The zero-order valence-corrected chi connectivity index (χ0v) is 17.7. The van der Waals surface area contributed by atoms with Gasteiger partial charge in [-0.1, -0.05) is 33.6 Å². The fourth-order valence-electron chi connectivity index (χ4n) is 3.72. The Labute approximate surface area is 171 Å². The summed E-state index contributed by atoms with van der Waals surface area (Å²) in [5.41, 5.74) is -2.06. The second kappa shape index (κ2) is 8.39. The minimum Gasteiger partial charge on any atom is -0.451 e. The van der Waals surface area contributed by atoms with Crippen LogP contribution >= 0.6 is 0 Å². The topological polar surface area (TPSA) is 129 Å². The molecule has 1 saturated carbocycles. The van der Waals surface area contributed by atoms with Crippen LogP contribution in [-0.4, -0.2) is 52.4 Å². The molecule has 2 N–H and O–H groups in total. The number of esters is 1. The van der Waals surface area contributed by atoms with Gasteiger partial charge in [-0.25, -0.2) is 4.79 Å². The van der Waals surface area contributed by atoms with Gasteiger partial charge in [0.2, 0.25) is 0 Å². The van der Waals surface area contributed by atoms with Gasteiger partial charge in [0, 0.05) is 0 Å². The molecule has 0 aromatic carbocycles. The van der Waals surface area contributed by atoms with E-state index >= 15 is 0 Å². The van der Waals surface area contributed by atoms with Crippen molar-refractivity contribution in [2.45, 2.75) is 77.5 Å². The Morgan fingerprint density at radius 3 is 2.59 bits per heavy atom. The summed E-state index contributed by atoms with van der Waals surface area (Å²) in [4.78, 5) is 50.7. The number of imide groups is 1. The van der Waals surface area contributed by atoms with E-state index in [1.54, 1.807) is 20.8 Å². The number of carbonyl (C=O) groups is 4. The first-order valence-corrected chi connectivity index (χ1v) is 10.0. The van der Waals surface area contributed by atoms with Crippen LogP contribution in [-0.2, 0) is 19.1 Å². The Balaban J connectivity index is 1.98. The molecule has 9 heteroatoms. The maximum Gasteiger partial charge on any atom is 0.327 e. The van der Waals surface area contributed by atoms with Crippen molar-refractivity contribution < 1.29 is 23.9 Å². The van der Waals surface area contributed by atoms with Gasteiger partial charge in [-0.2, -0.15) is 5.26 Å². The molecule has 29 heavy (non-hydrogen) atoms. The third kappa shape index (κ3) is 4.36. The van der Waals surface area contributed by atoms with Crippen LogP contribution in [0.4, 0.5) is 4.79 Å². The molecule has 0 aromatic rings. The average molecular weight is 406 g/mol. The summed E-state index contributed by atoms with van der Waals surface area (Å²) in [5, 5.41) is 14.6. The molecule has 2 fully saturated rings. The maximum atomic E-state index is 12.9. The molecule has 160 valence electrons. The lowest BCUT2D eigenvalue weighted by atomic mass is 9.73. The molecule has 0 radical (unpaired) electrons. The van der Waals surface area contributed by atoms with E-state index in [1.807, 2.05) is 13.0 Å². The van der Waals surface area contributed by atoms with Crippen LogP contribution in [0.1, 0.15) is 60.3 Å². The van der Waals surface area contributed by atoms with Gasteiger partial charge in [0.25, 0.3) is 11.8 Å². The normalized spacial score (nSPS) is 27.2. The Morgan fingerprint density at radius 1 is 1.38 bits per heavy atom. The first kappa shape index (κ1) is 22.7. The van der Waals surface area contributed by atoms with Crippen molar-refractivity contribution >= 4 is 23.8 Å². The van der Waals surface area contributed by atoms with Gasteiger partial charge in [0.05, 0.1) is 6.07 Å². The Kier molecular flexibility index (Phi) is 6.56. The van der Waals surface area contributed by atoms with Gasteiger partial charge in [-0.3, -0.25) is 19.3 Å². The Hall–Kier alpha value is -2.63. The molecular formula is C20H30N4O5. The van der Waals surface area contributed by atoms with Gasteiger partial charge in [-0.15, -0.1) is 0 Å². The van der Waals surface area contributed by atoms with Crippen LogP contribution in [0.15, 0.2) is 0 Å². The van der Waals surface area contributed by atoms with E-state index in [2.05, 4.69) is 10.6 Å². The summed E-state index contributed by atoms with van der Waals surface area (Å²) in [6.45, 7) is 7.91. The van der Waals surface area contributed by atoms with E-state index in [-0.39, 0.29) is 11.8 Å². The molecule has 1 spiro atoms. The van der Waals surface area contributed by atoms with E-state index in [9.17, 15) is 24.4 Å². The summed E-state index contributed by atoms with van der Waals surface area (Å²) in [5.74, 6) is -2.07. The monoisotopic (exact) mass is 406 g/mol. The van der Waals surface area contributed by atoms with E-state index in [0.717, 1.165) is 24.2 Å². The predicted molar refractivity (Wildman–Crippen MR) is 103 cm³/mol. The number of nitrogens with one attached hydrogen (secondary N) is 2. The molecule has 1 saturated heterocycles. The number of urea groups is 1.